The molecule has 2 aromatic carbocycles. The third kappa shape index (κ3) is 8.25. The van der Waals surface area contributed by atoms with E-state index in [-0.39, 0.29) is 23.8 Å². The van der Waals surface area contributed by atoms with E-state index < -0.39 is 35.0 Å². The van der Waals surface area contributed by atoms with E-state index in [1.807, 2.05) is 26.8 Å². The highest BCUT2D eigenvalue weighted by atomic mass is 19.4. The molecule has 260 valence electrons. The van der Waals surface area contributed by atoms with Crippen molar-refractivity contribution < 1.29 is 27.5 Å². The number of nitriles is 1. The highest BCUT2D eigenvalue weighted by Gasteiger charge is 2.33. The molecule has 1 aromatic heterocycles. The zero-order valence-electron chi connectivity index (χ0n) is 28.1. The number of nitrogens with zero attached hydrogens (tertiary/aromatic N) is 4. The first-order valence-corrected chi connectivity index (χ1v) is 16.5. The molecule has 0 bridgehead atoms. The molecule has 13 heteroatoms. The van der Waals surface area contributed by atoms with Crippen LogP contribution in [-0.4, -0.2) is 39.3 Å². The Kier molecular flexibility index (Phi) is 10.4. The van der Waals surface area contributed by atoms with Crippen LogP contribution in [0.3, 0.4) is 0 Å². The normalized spacial score (nSPS) is 18.2. The van der Waals surface area contributed by atoms with Crippen LogP contribution in [0.15, 0.2) is 59.4 Å². The van der Waals surface area contributed by atoms with Gasteiger partial charge in [0.2, 0.25) is 5.91 Å². The Hall–Kier alpha value is -4.83. The van der Waals surface area contributed by atoms with Gasteiger partial charge < -0.3 is 10.1 Å². The molecule has 2 aliphatic rings. The minimum absolute atomic E-state index is 0.00152. The fraction of sp³-hybridized carbons (Fsp3) is 0.444. The fourth-order valence-electron chi connectivity index (χ4n) is 6.51. The Balaban J connectivity index is 1.37. The summed E-state index contributed by atoms with van der Waals surface area (Å²) in [4.78, 5) is 40.1. The minimum Gasteiger partial charge on any atom is -0.444 e. The molecule has 2 heterocycles. The summed E-state index contributed by atoms with van der Waals surface area (Å²) in [6, 6.07) is 13.3. The van der Waals surface area contributed by atoms with Gasteiger partial charge in [-0.05, 0) is 121 Å². The monoisotopic (exact) mass is 678 g/mol. The molecule has 0 spiro atoms. The van der Waals surface area contributed by atoms with E-state index in [0.717, 1.165) is 53.4 Å². The van der Waals surface area contributed by atoms with Crippen molar-refractivity contribution in [2.24, 2.45) is 5.92 Å². The maximum Gasteiger partial charge on any atom is 0.416 e. The van der Waals surface area contributed by atoms with Gasteiger partial charge in [0.15, 0.2) is 0 Å². The quantitative estimate of drug-likeness (QED) is 0.261. The van der Waals surface area contributed by atoms with Crippen molar-refractivity contribution in [1.82, 2.24) is 19.9 Å². The number of ether oxygens (including phenoxy) is 1. The van der Waals surface area contributed by atoms with Crippen molar-refractivity contribution in [3.8, 4) is 11.8 Å². The molecule has 10 nitrogen and oxygen atoms in total. The first-order chi connectivity index (χ1) is 23.2. The van der Waals surface area contributed by atoms with E-state index in [9.17, 15) is 32.8 Å². The molecule has 3 aromatic rings. The molecule has 49 heavy (non-hydrogen) atoms. The molecule has 1 aliphatic heterocycles. The number of alkyl halides is 3. The van der Waals surface area contributed by atoms with Crippen LogP contribution in [0.4, 0.5) is 23.7 Å². The summed E-state index contributed by atoms with van der Waals surface area (Å²) in [7, 11) is 0. The molecule has 0 radical (unpaired) electrons. The van der Waals surface area contributed by atoms with Crippen LogP contribution in [0.2, 0.25) is 0 Å². The number of carbonyl (C=O) groups excluding carboxylic acids is 2. The lowest BCUT2D eigenvalue weighted by atomic mass is 9.83. The van der Waals surface area contributed by atoms with Crippen LogP contribution >= 0.6 is 0 Å². The standard InChI is InChI=1S/C36H41F3N6O4/c1-23-32(30-19-20-41-45(30)28-17-13-25(22-40)14-18-28)44(34(48)43(23)29-9-6-8-26(21-29)36(37,38)39)31(46)10-5-7-24-11-15-27(16-12-24)42-33(47)49-35(2,3)4/h6,8-9,13-14,17-19,21,24,27,41H,5,7,10-12,15-16,20H2,1-4H3,(H,42,47). The second-order valence-corrected chi connectivity index (χ2v) is 13.5. The number of hydrazine groups is 1. The van der Waals surface area contributed by atoms with Crippen LogP contribution in [0.5, 0.6) is 0 Å². The van der Waals surface area contributed by atoms with Gasteiger partial charge >= 0.3 is 18.0 Å². The Morgan fingerprint density at radius 1 is 1.04 bits per heavy atom. The summed E-state index contributed by atoms with van der Waals surface area (Å²) in [5.74, 6) is -0.104. The third-order valence-electron chi connectivity index (χ3n) is 8.82. The zero-order valence-corrected chi connectivity index (χ0v) is 28.1. The number of halogens is 3. The SMILES string of the molecule is Cc1c(C2=CCNN2c2ccc(C#N)cc2)n(C(=O)CCCC2CCC(NC(=O)OC(C)(C)C)CC2)c(=O)n1-c1cccc(C(F)(F)F)c1. The lowest BCUT2D eigenvalue weighted by molar-refractivity contribution is -0.137. The molecule has 1 fully saturated rings. The number of benzene rings is 2. The molecule has 0 unspecified atom stereocenters. The van der Waals surface area contributed by atoms with Crippen LogP contribution < -0.4 is 21.4 Å². The second kappa shape index (κ2) is 14.3. The number of rotatable bonds is 8. The molecule has 1 amide bonds. The number of imidazole rings is 1. The molecular weight excluding hydrogens is 637 g/mol. The van der Waals surface area contributed by atoms with Crippen LogP contribution in [-0.2, 0) is 10.9 Å². The van der Waals surface area contributed by atoms with Gasteiger partial charge in [-0.25, -0.2) is 19.6 Å². The van der Waals surface area contributed by atoms with Gasteiger partial charge in [0.05, 0.1) is 45.7 Å². The zero-order chi connectivity index (χ0) is 35.5. The maximum absolute atomic E-state index is 14.0. The Bertz CT molecular complexity index is 1820. The van der Waals surface area contributed by atoms with Crippen molar-refractivity contribution >= 4 is 23.4 Å². The van der Waals surface area contributed by atoms with Crippen LogP contribution in [0.25, 0.3) is 11.4 Å². The average Bonchev–Trinajstić information content (AvgIpc) is 3.62. The fourth-order valence-corrected chi connectivity index (χ4v) is 6.51. The van der Waals surface area contributed by atoms with E-state index >= 15 is 0 Å². The predicted molar refractivity (Wildman–Crippen MR) is 179 cm³/mol. The molecule has 1 aliphatic carbocycles. The van der Waals surface area contributed by atoms with Crippen molar-refractivity contribution in [2.75, 3.05) is 11.6 Å². The van der Waals surface area contributed by atoms with Crippen molar-refractivity contribution in [1.29, 1.82) is 5.26 Å². The largest absolute Gasteiger partial charge is 0.444 e. The lowest BCUT2D eigenvalue weighted by Gasteiger charge is -2.30. The highest BCUT2D eigenvalue weighted by Crippen LogP contribution is 2.34. The first-order valence-electron chi connectivity index (χ1n) is 16.5. The highest BCUT2D eigenvalue weighted by molar-refractivity contribution is 5.88. The average molecular weight is 679 g/mol. The van der Waals surface area contributed by atoms with Gasteiger partial charge in [-0.1, -0.05) is 6.07 Å². The summed E-state index contributed by atoms with van der Waals surface area (Å²) in [6.07, 6.45) is 1.44. The number of alkyl carbamates (subject to hydrolysis) is 1. The van der Waals surface area contributed by atoms with Crippen LogP contribution in [0, 0.1) is 24.2 Å². The van der Waals surface area contributed by atoms with Gasteiger partial charge in [0.1, 0.15) is 5.60 Å². The van der Waals surface area contributed by atoms with E-state index in [4.69, 9.17) is 4.74 Å². The van der Waals surface area contributed by atoms with Crippen molar-refractivity contribution in [3.05, 3.63) is 87.6 Å². The van der Waals surface area contributed by atoms with Crippen molar-refractivity contribution in [2.45, 2.75) is 90.5 Å². The minimum atomic E-state index is -4.62. The summed E-state index contributed by atoms with van der Waals surface area (Å²) in [5, 5.41) is 13.9. The molecule has 2 N–H and O–H groups in total. The number of aromatic nitrogens is 2. The van der Waals surface area contributed by atoms with Gasteiger partial charge in [0, 0.05) is 19.0 Å². The number of nitrogens with one attached hydrogen (secondary N) is 2. The number of amides is 1. The number of anilines is 1. The van der Waals surface area contributed by atoms with E-state index in [1.165, 1.54) is 12.1 Å². The van der Waals surface area contributed by atoms with Gasteiger partial charge in [-0.2, -0.15) is 18.4 Å². The Morgan fingerprint density at radius 2 is 1.73 bits per heavy atom. The smallest absolute Gasteiger partial charge is 0.416 e. The van der Waals surface area contributed by atoms with Gasteiger partial charge in [-0.15, -0.1) is 0 Å². The van der Waals surface area contributed by atoms with E-state index in [1.54, 1.807) is 36.2 Å². The summed E-state index contributed by atoms with van der Waals surface area (Å²) in [6.45, 7) is 7.43. The Labute approximate surface area is 283 Å². The van der Waals surface area contributed by atoms with Gasteiger partial charge in [0.25, 0.3) is 0 Å². The number of carbonyl (C=O) groups is 2. The van der Waals surface area contributed by atoms with Crippen molar-refractivity contribution in [3.63, 3.8) is 0 Å². The lowest BCUT2D eigenvalue weighted by Crippen LogP contribution is -2.40. The first kappa shape index (κ1) is 35.5. The molecule has 0 atom stereocenters. The number of hydrogen-bond donors (Lipinski definition) is 2. The van der Waals surface area contributed by atoms with Crippen LogP contribution in [0.1, 0.15) is 93.0 Å². The second-order valence-electron chi connectivity index (χ2n) is 13.5. The van der Waals surface area contributed by atoms with E-state index in [0.29, 0.717) is 41.5 Å². The Morgan fingerprint density at radius 3 is 2.37 bits per heavy atom. The van der Waals surface area contributed by atoms with Gasteiger partial charge in [-0.3, -0.25) is 14.4 Å². The van der Waals surface area contributed by atoms with E-state index in [2.05, 4.69) is 16.8 Å². The predicted octanol–water partition coefficient (Wildman–Crippen LogP) is 7.10. The summed E-state index contributed by atoms with van der Waals surface area (Å²) < 4.78 is 48.5. The molecule has 0 saturated heterocycles. The maximum atomic E-state index is 14.0. The number of hydrogen-bond acceptors (Lipinski definition) is 7. The summed E-state index contributed by atoms with van der Waals surface area (Å²) in [5.41, 5.74) is 3.15. The summed E-state index contributed by atoms with van der Waals surface area (Å²) >= 11 is 0. The molecule has 1 saturated carbocycles. The molecule has 5 rings (SSSR count). The molecular formula is C36H41F3N6O4. The topological polar surface area (TPSA) is 121 Å². The third-order valence-corrected chi connectivity index (χ3v) is 8.82.